The van der Waals surface area contributed by atoms with E-state index in [1.54, 1.807) is 0 Å². The Morgan fingerprint density at radius 2 is 1.90 bits per heavy atom. The first-order valence-electron chi connectivity index (χ1n) is 6.91. The number of piperazine rings is 1. The zero-order valence-electron chi connectivity index (χ0n) is 11.4. The predicted molar refractivity (Wildman–Crippen MR) is 91.0 cm³/mol. The molecule has 1 aromatic heterocycles. The Bertz CT molecular complexity index is 392. The van der Waals surface area contributed by atoms with E-state index >= 15 is 0 Å². The molecule has 3 nitrogen and oxygen atoms in total. The van der Waals surface area contributed by atoms with Crippen molar-refractivity contribution in [3.05, 3.63) is 28.5 Å². The average molecular weight is 383 g/mol. The van der Waals surface area contributed by atoms with Crippen molar-refractivity contribution in [3.8, 4) is 0 Å². The molecule has 1 atom stereocenters. The summed E-state index contributed by atoms with van der Waals surface area (Å²) in [5.74, 6) is 0.816. The summed E-state index contributed by atoms with van der Waals surface area (Å²) in [6, 6.07) is 4.85. The smallest absolute Gasteiger partial charge is 0.0579 e. The van der Waals surface area contributed by atoms with Gasteiger partial charge in [-0.1, -0.05) is 6.42 Å². The molecule has 3 rings (SSSR count). The number of halogens is 3. The molecule has 1 aromatic rings. The van der Waals surface area contributed by atoms with Crippen LogP contribution in [0.5, 0.6) is 0 Å². The van der Waals surface area contributed by atoms with Crippen molar-refractivity contribution in [1.29, 1.82) is 0 Å². The second kappa shape index (κ2) is 8.54. The maximum atomic E-state index is 4.65. The van der Waals surface area contributed by atoms with Crippen LogP contribution in [0.4, 0.5) is 0 Å². The third kappa shape index (κ3) is 4.08. The van der Waals surface area contributed by atoms with Crippen LogP contribution in [0.25, 0.3) is 0 Å². The lowest BCUT2D eigenvalue weighted by Crippen LogP contribution is -2.48. The SMILES string of the molecule is Brc1ccc([C@H](C2CCC2)N2CCNCC2)nc1.Cl.Cl. The summed E-state index contributed by atoms with van der Waals surface area (Å²) in [5.41, 5.74) is 1.25. The normalized spacial score (nSPS) is 21.2. The summed E-state index contributed by atoms with van der Waals surface area (Å²) in [6.45, 7) is 4.53. The zero-order chi connectivity index (χ0) is 12.4. The molecular weight excluding hydrogens is 361 g/mol. The van der Waals surface area contributed by atoms with E-state index in [4.69, 9.17) is 0 Å². The van der Waals surface area contributed by atoms with Crippen LogP contribution < -0.4 is 5.32 Å². The molecule has 1 saturated carbocycles. The fraction of sp³-hybridized carbons (Fsp3) is 0.643. The second-order valence-electron chi connectivity index (χ2n) is 5.32. The van der Waals surface area contributed by atoms with Crippen molar-refractivity contribution < 1.29 is 0 Å². The summed E-state index contributed by atoms with van der Waals surface area (Å²) in [5, 5.41) is 3.44. The van der Waals surface area contributed by atoms with Gasteiger partial charge in [0.1, 0.15) is 0 Å². The second-order valence-corrected chi connectivity index (χ2v) is 6.24. The standard InChI is InChI=1S/C14H20BrN3.2ClH/c15-12-4-5-13(17-10-12)14(11-2-1-3-11)18-8-6-16-7-9-18;;/h4-5,10-11,14,16H,1-3,6-9H2;2*1H/t14-;;/m0../s1. The van der Waals surface area contributed by atoms with Gasteiger partial charge in [-0.2, -0.15) is 0 Å². The molecule has 0 radical (unpaired) electrons. The number of hydrogen-bond acceptors (Lipinski definition) is 3. The Labute approximate surface area is 141 Å². The van der Waals surface area contributed by atoms with Gasteiger partial charge in [-0.3, -0.25) is 9.88 Å². The lowest BCUT2D eigenvalue weighted by Gasteiger charge is -2.42. The average Bonchev–Trinajstić information content (AvgIpc) is 2.36. The largest absolute Gasteiger partial charge is 0.314 e. The highest BCUT2D eigenvalue weighted by atomic mass is 79.9. The van der Waals surface area contributed by atoms with Crippen LogP contribution in [-0.2, 0) is 0 Å². The molecule has 1 N–H and O–H groups in total. The van der Waals surface area contributed by atoms with Crippen molar-refractivity contribution >= 4 is 40.7 Å². The van der Waals surface area contributed by atoms with Gasteiger partial charge in [0, 0.05) is 36.8 Å². The minimum atomic E-state index is 0. The van der Waals surface area contributed by atoms with E-state index in [0.717, 1.165) is 36.6 Å². The van der Waals surface area contributed by atoms with E-state index in [-0.39, 0.29) is 24.8 Å². The highest BCUT2D eigenvalue weighted by Gasteiger charge is 2.34. The van der Waals surface area contributed by atoms with Crippen LogP contribution in [0.1, 0.15) is 31.0 Å². The minimum Gasteiger partial charge on any atom is -0.314 e. The molecule has 2 aliphatic rings. The maximum absolute atomic E-state index is 4.65. The molecule has 0 bridgehead atoms. The van der Waals surface area contributed by atoms with Crippen molar-refractivity contribution in [2.75, 3.05) is 26.2 Å². The van der Waals surface area contributed by atoms with E-state index < -0.39 is 0 Å². The fourth-order valence-corrected chi connectivity index (χ4v) is 3.24. The first-order chi connectivity index (χ1) is 8.84. The topological polar surface area (TPSA) is 28.2 Å². The van der Waals surface area contributed by atoms with Crippen molar-refractivity contribution in [2.45, 2.75) is 25.3 Å². The van der Waals surface area contributed by atoms with Gasteiger partial charge in [0.05, 0.1) is 11.7 Å². The monoisotopic (exact) mass is 381 g/mol. The first kappa shape index (κ1) is 18.2. The number of pyridine rings is 1. The third-order valence-corrected chi connectivity index (χ3v) is 4.66. The fourth-order valence-electron chi connectivity index (χ4n) is 3.00. The van der Waals surface area contributed by atoms with Crippen LogP contribution in [0.15, 0.2) is 22.8 Å². The molecule has 1 aliphatic carbocycles. The Morgan fingerprint density at radius 3 is 2.40 bits per heavy atom. The summed E-state index contributed by atoms with van der Waals surface area (Å²) < 4.78 is 1.07. The van der Waals surface area contributed by atoms with E-state index in [0.29, 0.717) is 6.04 Å². The molecular formula is C14H22BrCl2N3. The molecule has 6 heteroatoms. The maximum Gasteiger partial charge on any atom is 0.0579 e. The predicted octanol–water partition coefficient (Wildman–Crippen LogP) is 3.43. The highest BCUT2D eigenvalue weighted by Crippen LogP contribution is 2.40. The lowest BCUT2D eigenvalue weighted by atomic mass is 9.77. The quantitative estimate of drug-likeness (QED) is 0.867. The third-order valence-electron chi connectivity index (χ3n) is 4.19. The van der Waals surface area contributed by atoms with Crippen molar-refractivity contribution in [2.24, 2.45) is 5.92 Å². The van der Waals surface area contributed by atoms with Gasteiger partial charge < -0.3 is 5.32 Å². The van der Waals surface area contributed by atoms with E-state index in [9.17, 15) is 0 Å². The summed E-state index contributed by atoms with van der Waals surface area (Å²) >= 11 is 3.47. The van der Waals surface area contributed by atoms with Crippen LogP contribution >= 0.6 is 40.7 Å². The molecule has 1 aliphatic heterocycles. The lowest BCUT2D eigenvalue weighted by molar-refractivity contribution is 0.0808. The summed E-state index contributed by atoms with van der Waals surface area (Å²) in [4.78, 5) is 7.27. The van der Waals surface area contributed by atoms with E-state index in [1.807, 2.05) is 6.20 Å². The highest BCUT2D eigenvalue weighted by molar-refractivity contribution is 9.10. The molecule has 2 fully saturated rings. The number of hydrogen-bond donors (Lipinski definition) is 1. The van der Waals surface area contributed by atoms with E-state index in [1.165, 1.54) is 25.0 Å². The van der Waals surface area contributed by atoms with E-state index in [2.05, 4.69) is 43.3 Å². The molecule has 0 spiro atoms. The Hall–Kier alpha value is 0.130. The minimum absolute atomic E-state index is 0. The number of rotatable bonds is 3. The molecule has 114 valence electrons. The van der Waals surface area contributed by atoms with Gasteiger partial charge >= 0.3 is 0 Å². The number of aromatic nitrogens is 1. The van der Waals surface area contributed by atoms with Crippen LogP contribution in [-0.4, -0.2) is 36.1 Å². The molecule has 0 unspecified atom stereocenters. The van der Waals surface area contributed by atoms with Crippen LogP contribution in [0.2, 0.25) is 0 Å². The van der Waals surface area contributed by atoms with Gasteiger partial charge in [0.25, 0.3) is 0 Å². The molecule has 0 aromatic carbocycles. The van der Waals surface area contributed by atoms with Gasteiger partial charge in [0.15, 0.2) is 0 Å². The molecule has 1 saturated heterocycles. The van der Waals surface area contributed by atoms with Crippen LogP contribution in [0.3, 0.4) is 0 Å². The summed E-state index contributed by atoms with van der Waals surface area (Å²) in [6.07, 6.45) is 6.06. The number of nitrogens with zero attached hydrogens (tertiary/aromatic N) is 2. The first-order valence-corrected chi connectivity index (χ1v) is 7.70. The zero-order valence-corrected chi connectivity index (χ0v) is 14.6. The van der Waals surface area contributed by atoms with Gasteiger partial charge in [-0.25, -0.2) is 0 Å². The van der Waals surface area contributed by atoms with Gasteiger partial charge in [0.2, 0.25) is 0 Å². The van der Waals surface area contributed by atoms with Gasteiger partial charge in [-0.15, -0.1) is 24.8 Å². The van der Waals surface area contributed by atoms with Crippen LogP contribution in [0, 0.1) is 5.92 Å². The molecule has 0 amide bonds. The van der Waals surface area contributed by atoms with Crippen molar-refractivity contribution in [3.63, 3.8) is 0 Å². The number of nitrogens with one attached hydrogen (secondary N) is 1. The molecule has 2 heterocycles. The Morgan fingerprint density at radius 1 is 1.20 bits per heavy atom. The Balaban J connectivity index is 0.000001000. The van der Waals surface area contributed by atoms with Crippen molar-refractivity contribution in [1.82, 2.24) is 15.2 Å². The Kier molecular flexibility index (Phi) is 7.77. The van der Waals surface area contributed by atoms with Gasteiger partial charge in [-0.05, 0) is 46.8 Å². The molecule has 20 heavy (non-hydrogen) atoms. The summed E-state index contributed by atoms with van der Waals surface area (Å²) in [7, 11) is 0.